The summed E-state index contributed by atoms with van der Waals surface area (Å²) >= 11 is 4.18. The molecule has 1 saturated heterocycles. The highest BCUT2D eigenvalue weighted by molar-refractivity contribution is 7.81. The molecule has 0 aromatic heterocycles. The van der Waals surface area contributed by atoms with Crippen LogP contribution in [0.5, 0.6) is 0 Å². The zero-order valence-corrected chi connectivity index (χ0v) is 20.8. The first kappa shape index (κ1) is 25.1. The van der Waals surface area contributed by atoms with Gasteiger partial charge in [0.05, 0.1) is 59.6 Å². The molecule has 2 heterocycles. The number of thiol groups is 1. The molecule has 8 nitrogen and oxygen atoms in total. The number of hydrogen-bond acceptors (Lipinski definition) is 5. The smallest absolute Gasteiger partial charge is 0.253 e. The Morgan fingerprint density at radius 1 is 0.788 bits per heavy atom. The number of likely N-dealkylation sites (N-methyl/N-ethyl adjacent to an activating group) is 2. The van der Waals surface area contributed by atoms with Crippen molar-refractivity contribution in [2.45, 2.75) is 24.8 Å². The van der Waals surface area contributed by atoms with Gasteiger partial charge in [-0.3, -0.25) is 29.0 Å². The van der Waals surface area contributed by atoms with Gasteiger partial charge >= 0.3 is 0 Å². The summed E-state index contributed by atoms with van der Waals surface area (Å²) in [5.74, 6) is -0.814. The molecule has 178 valence electrons. The minimum atomic E-state index is -0.503. The van der Waals surface area contributed by atoms with Crippen molar-refractivity contribution >= 4 is 36.3 Å². The molecule has 0 bridgehead atoms. The van der Waals surface area contributed by atoms with Gasteiger partial charge in [0.2, 0.25) is 11.8 Å². The molecule has 0 saturated carbocycles. The lowest BCUT2D eigenvalue weighted by atomic mass is 10.1. The molecule has 9 heteroatoms. The summed E-state index contributed by atoms with van der Waals surface area (Å²) in [5, 5.41) is -0.503. The van der Waals surface area contributed by atoms with E-state index in [0.717, 1.165) is 13.1 Å². The molecule has 1 aromatic rings. The fourth-order valence-corrected chi connectivity index (χ4v) is 4.49. The summed E-state index contributed by atoms with van der Waals surface area (Å²) in [6.45, 7) is 3.72. The van der Waals surface area contributed by atoms with Crippen molar-refractivity contribution in [1.29, 1.82) is 0 Å². The molecule has 2 aliphatic rings. The van der Waals surface area contributed by atoms with Gasteiger partial charge in [-0.15, -0.1) is 0 Å². The molecule has 4 amide bonds. The van der Waals surface area contributed by atoms with Crippen LogP contribution < -0.4 is 0 Å². The lowest BCUT2D eigenvalue weighted by Gasteiger charge is -2.32. The maximum Gasteiger partial charge on any atom is 0.253 e. The van der Waals surface area contributed by atoms with Crippen molar-refractivity contribution in [2.24, 2.45) is 0 Å². The van der Waals surface area contributed by atoms with Crippen molar-refractivity contribution in [3.63, 3.8) is 0 Å². The first-order valence-electron chi connectivity index (χ1n) is 11.1. The zero-order chi connectivity index (χ0) is 24.4. The van der Waals surface area contributed by atoms with Crippen LogP contribution in [0.1, 0.15) is 17.5 Å². The van der Waals surface area contributed by atoms with Crippen LogP contribution in [0.15, 0.2) is 36.4 Å². The summed E-state index contributed by atoms with van der Waals surface area (Å²) in [6, 6.07) is 8.45. The molecule has 1 atom stereocenters. The third kappa shape index (κ3) is 6.52. The zero-order valence-electron chi connectivity index (χ0n) is 19.9. The van der Waals surface area contributed by atoms with Crippen molar-refractivity contribution in [1.82, 2.24) is 9.80 Å². The molecule has 0 N–H and O–H groups in total. The topological polar surface area (TPSA) is 74.8 Å². The predicted molar refractivity (Wildman–Crippen MR) is 128 cm³/mol. The molecule has 0 aliphatic carbocycles. The van der Waals surface area contributed by atoms with Gasteiger partial charge in [-0.05, 0) is 0 Å². The summed E-state index contributed by atoms with van der Waals surface area (Å²) in [4.78, 5) is 50.2. The van der Waals surface area contributed by atoms with Gasteiger partial charge in [-0.25, -0.2) is 0 Å². The molecular weight excluding hydrogens is 440 g/mol. The first-order valence-corrected chi connectivity index (χ1v) is 11.7. The number of benzene rings is 1. The van der Waals surface area contributed by atoms with E-state index in [0.29, 0.717) is 35.1 Å². The quantitative estimate of drug-likeness (QED) is 0.310. The summed E-state index contributed by atoms with van der Waals surface area (Å²) in [7, 11) is 8.35. The maximum atomic E-state index is 12.1. The Hall–Kier alpha value is -2.49. The van der Waals surface area contributed by atoms with E-state index in [-0.39, 0.29) is 30.0 Å². The normalized spacial score (nSPS) is 19.4. The van der Waals surface area contributed by atoms with Crippen molar-refractivity contribution < 1.29 is 28.1 Å². The van der Waals surface area contributed by atoms with Crippen LogP contribution in [0.25, 0.3) is 0 Å². The first-order chi connectivity index (χ1) is 15.4. The molecule has 0 spiro atoms. The summed E-state index contributed by atoms with van der Waals surface area (Å²) in [5.41, 5.74) is 2.36. The maximum absolute atomic E-state index is 12.1. The number of rotatable bonds is 10. The number of amides is 4. The largest absolute Gasteiger partial charge is 0.323 e. The van der Waals surface area contributed by atoms with Crippen LogP contribution in [0.2, 0.25) is 0 Å². The van der Waals surface area contributed by atoms with E-state index in [2.05, 4.69) is 65.1 Å². The van der Waals surface area contributed by atoms with E-state index in [1.807, 2.05) is 0 Å². The third-order valence-corrected chi connectivity index (χ3v) is 6.63. The van der Waals surface area contributed by atoms with Crippen LogP contribution in [0.4, 0.5) is 0 Å². The highest BCUT2D eigenvalue weighted by atomic mass is 32.1. The van der Waals surface area contributed by atoms with Gasteiger partial charge in [-0.2, -0.15) is 12.6 Å². The van der Waals surface area contributed by atoms with E-state index < -0.39 is 5.25 Å². The second-order valence-corrected chi connectivity index (χ2v) is 10.8. The standard InChI is InChI=1S/C24H33N4O4S/c1-27(2,13-11-25-21(29)9-10-22(25)30)16-18-5-7-19(8-6-18)17-28(3,4)14-12-26-23(31)15-20(33)24(26)32/h5-10,20H,11-17H2,1-4H3/q+1/p+1. The Morgan fingerprint density at radius 3 is 1.61 bits per heavy atom. The Labute approximate surface area is 201 Å². The second kappa shape index (κ2) is 9.79. The van der Waals surface area contributed by atoms with Crippen LogP contribution in [-0.2, 0) is 32.3 Å². The van der Waals surface area contributed by atoms with E-state index in [9.17, 15) is 19.2 Å². The number of likely N-dealkylation sites (tertiary alicyclic amines) is 1. The average molecular weight is 475 g/mol. The summed E-state index contributed by atoms with van der Waals surface area (Å²) < 4.78 is 1.31. The lowest BCUT2D eigenvalue weighted by molar-refractivity contribution is -0.903. The van der Waals surface area contributed by atoms with Crippen molar-refractivity contribution in [3.05, 3.63) is 47.5 Å². The number of nitrogens with zero attached hydrogens (tertiary/aromatic N) is 4. The number of quaternary nitrogens is 2. The van der Waals surface area contributed by atoms with Gasteiger partial charge in [0, 0.05) is 29.7 Å². The van der Waals surface area contributed by atoms with E-state index in [4.69, 9.17) is 0 Å². The van der Waals surface area contributed by atoms with Gasteiger partial charge < -0.3 is 8.97 Å². The van der Waals surface area contributed by atoms with Gasteiger partial charge in [-0.1, -0.05) is 24.3 Å². The Bertz CT molecular complexity index is 953. The second-order valence-electron chi connectivity index (χ2n) is 10.2. The minimum Gasteiger partial charge on any atom is -0.323 e. The Balaban J connectivity index is 1.50. The number of hydrogen-bond donors (Lipinski definition) is 1. The number of carbonyl (C=O) groups is 4. The average Bonchev–Trinajstić information content (AvgIpc) is 3.17. The molecule has 1 aromatic carbocycles. The summed E-state index contributed by atoms with van der Waals surface area (Å²) in [6.07, 6.45) is 2.82. The Morgan fingerprint density at radius 2 is 1.21 bits per heavy atom. The van der Waals surface area contributed by atoms with E-state index in [1.165, 1.54) is 33.1 Å². The fraction of sp³-hybridized carbons (Fsp3) is 0.500. The molecule has 3 rings (SSSR count). The molecule has 1 fully saturated rings. The van der Waals surface area contributed by atoms with Gasteiger partial charge in [0.1, 0.15) is 13.1 Å². The number of carbonyl (C=O) groups excluding carboxylic acids is 4. The molecular formula is C24H34N4O4S+2. The van der Waals surface area contributed by atoms with Gasteiger partial charge in [0.15, 0.2) is 0 Å². The molecule has 1 unspecified atom stereocenters. The van der Waals surface area contributed by atoms with Gasteiger partial charge in [0.25, 0.3) is 11.8 Å². The predicted octanol–water partition coefficient (Wildman–Crippen LogP) is 0.822. The molecule has 2 aliphatic heterocycles. The minimum absolute atomic E-state index is 0.139. The van der Waals surface area contributed by atoms with Crippen molar-refractivity contribution in [3.8, 4) is 0 Å². The lowest BCUT2D eigenvalue weighted by Crippen LogP contribution is -2.46. The van der Waals surface area contributed by atoms with Crippen LogP contribution in [-0.4, -0.2) is 102 Å². The third-order valence-electron chi connectivity index (χ3n) is 6.22. The highest BCUT2D eigenvalue weighted by Crippen LogP contribution is 2.19. The van der Waals surface area contributed by atoms with E-state index in [1.54, 1.807) is 0 Å². The fourth-order valence-electron chi connectivity index (χ4n) is 4.19. The van der Waals surface area contributed by atoms with Crippen molar-refractivity contribution in [2.75, 3.05) is 54.4 Å². The number of imide groups is 2. The molecule has 33 heavy (non-hydrogen) atoms. The highest BCUT2D eigenvalue weighted by Gasteiger charge is 2.37. The molecule has 0 radical (unpaired) electrons. The van der Waals surface area contributed by atoms with Crippen LogP contribution in [0, 0.1) is 0 Å². The van der Waals surface area contributed by atoms with E-state index >= 15 is 0 Å². The monoisotopic (exact) mass is 474 g/mol. The van der Waals surface area contributed by atoms with Crippen LogP contribution in [0.3, 0.4) is 0 Å². The Kier molecular flexibility index (Phi) is 7.45. The van der Waals surface area contributed by atoms with Crippen LogP contribution >= 0.6 is 12.6 Å². The SMILES string of the molecule is C[N+](C)(CCN1C(=O)C=CC1=O)Cc1ccc(C[N+](C)(C)CCN2C(=O)CC(S)C2=O)cc1.